The number of carbonyl (C=O) groups is 1. The first-order valence-corrected chi connectivity index (χ1v) is 10.1. The first kappa shape index (κ1) is 19.5. The highest BCUT2D eigenvalue weighted by Crippen LogP contribution is 2.40. The number of fused-ring (bicyclic) bond motifs is 1. The molecule has 3 aromatic carbocycles. The zero-order chi connectivity index (χ0) is 20.4. The van der Waals surface area contributed by atoms with E-state index in [2.05, 4.69) is 6.07 Å². The Morgan fingerprint density at radius 3 is 2.45 bits per heavy atom. The second kappa shape index (κ2) is 7.92. The van der Waals surface area contributed by atoms with Crippen LogP contribution < -0.4 is 4.74 Å². The molecule has 29 heavy (non-hydrogen) atoms. The predicted octanol–water partition coefficient (Wildman–Crippen LogP) is 6.47. The highest BCUT2D eigenvalue weighted by molar-refractivity contribution is 6.33. The summed E-state index contributed by atoms with van der Waals surface area (Å²) in [5.74, 6) is 1.34. The summed E-state index contributed by atoms with van der Waals surface area (Å²) < 4.78 is 11.3. The van der Waals surface area contributed by atoms with Crippen LogP contribution in [0.15, 0.2) is 66.7 Å². The van der Waals surface area contributed by atoms with Crippen molar-refractivity contribution in [3.63, 3.8) is 0 Å². The number of rotatable bonds is 4. The summed E-state index contributed by atoms with van der Waals surface area (Å²) in [6.07, 6.45) is 2.30. The quantitative estimate of drug-likeness (QED) is 0.466. The van der Waals surface area contributed by atoms with Crippen LogP contribution in [-0.2, 0) is 22.4 Å². The Kier molecular flexibility index (Phi) is 5.33. The van der Waals surface area contributed by atoms with Crippen LogP contribution in [0.3, 0.4) is 0 Å². The molecule has 1 atom stereocenters. The van der Waals surface area contributed by atoms with Gasteiger partial charge in [0.15, 0.2) is 0 Å². The second-order valence-electron chi connectivity index (χ2n) is 7.74. The minimum Gasteiger partial charge on any atom is -0.469 e. The third-order valence-corrected chi connectivity index (χ3v) is 5.99. The van der Waals surface area contributed by atoms with E-state index in [9.17, 15) is 4.79 Å². The molecule has 0 aliphatic heterocycles. The lowest BCUT2D eigenvalue weighted by molar-refractivity contribution is -0.152. The van der Waals surface area contributed by atoms with E-state index in [0.717, 1.165) is 41.0 Å². The van der Waals surface area contributed by atoms with Gasteiger partial charge in [-0.05, 0) is 61.6 Å². The van der Waals surface area contributed by atoms with Crippen LogP contribution >= 0.6 is 11.6 Å². The average molecular weight is 407 g/mol. The van der Waals surface area contributed by atoms with Crippen LogP contribution in [0.1, 0.15) is 24.5 Å². The van der Waals surface area contributed by atoms with Crippen molar-refractivity contribution in [1.29, 1.82) is 0 Å². The SMILES string of the molecule is COC(=O)C1(C)CCc2ccc(Oc3ccccc3-c3ccccc3Cl)cc2C1. The molecule has 0 saturated heterocycles. The number of benzene rings is 3. The first-order chi connectivity index (χ1) is 14.0. The highest BCUT2D eigenvalue weighted by Gasteiger charge is 2.37. The molecule has 0 spiro atoms. The average Bonchev–Trinajstić information content (AvgIpc) is 2.74. The summed E-state index contributed by atoms with van der Waals surface area (Å²) in [4.78, 5) is 12.2. The van der Waals surface area contributed by atoms with E-state index >= 15 is 0 Å². The van der Waals surface area contributed by atoms with Crippen LogP contribution in [0.2, 0.25) is 5.02 Å². The number of esters is 1. The predicted molar refractivity (Wildman–Crippen MR) is 116 cm³/mol. The van der Waals surface area contributed by atoms with Crippen LogP contribution in [0.5, 0.6) is 11.5 Å². The Hall–Kier alpha value is -2.78. The fourth-order valence-electron chi connectivity index (χ4n) is 4.00. The maximum atomic E-state index is 12.2. The zero-order valence-corrected chi connectivity index (χ0v) is 17.3. The molecule has 0 bridgehead atoms. The molecule has 3 nitrogen and oxygen atoms in total. The minimum absolute atomic E-state index is 0.154. The van der Waals surface area contributed by atoms with Gasteiger partial charge < -0.3 is 9.47 Å². The molecule has 0 radical (unpaired) electrons. The molecule has 0 saturated carbocycles. The van der Waals surface area contributed by atoms with Gasteiger partial charge in [-0.15, -0.1) is 0 Å². The van der Waals surface area contributed by atoms with E-state index < -0.39 is 5.41 Å². The van der Waals surface area contributed by atoms with Crippen molar-refractivity contribution in [3.05, 3.63) is 82.9 Å². The summed E-state index contributed by atoms with van der Waals surface area (Å²) in [5, 5.41) is 0.683. The van der Waals surface area contributed by atoms with Crippen LogP contribution in [-0.4, -0.2) is 13.1 Å². The standard InChI is InChI=1S/C25H23ClO3/c1-25(24(27)28-2)14-13-17-11-12-19(15-18(17)16-25)29-23-10-6-4-8-21(23)20-7-3-5-9-22(20)26/h3-12,15H,13-14,16H2,1-2H3. The lowest BCUT2D eigenvalue weighted by Gasteiger charge is -2.32. The molecule has 0 N–H and O–H groups in total. The Morgan fingerprint density at radius 1 is 0.966 bits per heavy atom. The third kappa shape index (κ3) is 3.88. The molecular formula is C25H23ClO3. The number of hydrogen-bond acceptors (Lipinski definition) is 3. The molecule has 1 unspecified atom stereocenters. The van der Waals surface area contributed by atoms with Crippen molar-refractivity contribution in [2.75, 3.05) is 7.11 Å². The molecule has 0 aromatic heterocycles. The topological polar surface area (TPSA) is 35.5 Å². The number of methoxy groups -OCH3 is 1. The normalized spacial score (nSPS) is 18.0. The molecule has 4 rings (SSSR count). The number of ether oxygens (including phenoxy) is 2. The second-order valence-corrected chi connectivity index (χ2v) is 8.14. The Morgan fingerprint density at radius 2 is 1.69 bits per heavy atom. The fourth-order valence-corrected chi connectivity index (χ4v) is 4.24. The van der Waals surface area contributed by atoms with Crippen LogP contribution in [0.4, 0.5) is 0 Å². The van der Waals surface area contributed by atoms with Crippen LogP contribution in [0, 0.1) is 5.41 Å². The van der Waals surface area contributed by atoms with Crippen molar-refractivity contribution >= 4 is 17.6 Å². The first-order valence-electron chi connectivity index (χ1n) is 9.72. The summed E-state index contributed by atoms with van der Waals surface area (Å²) >= 11 is 6.40. The molecule has 3 aromatic rings. The fraction of sp³-hybridized carbons (Fsp3) is 0.240. The number of aryl methyl sites for hydroxylation is 1. The van der Waals surface area contributed by atoms with Gasteiger partial charge >= 0.3 is 5.97 Å². The Bertz CT molecular complexity index is 1060. The minimum atomic E-state index is -0.490. The molecule has 148 valence electrons. The van der Waals surface area contributed by atoms with Gasteiger partial charge in [0.05, 0.1) is 12.5 Å². The van der Waals surface area contributed by atoms with Gasteiger partial charge in [0.2, 0.25) is 0 Å². The van der Waals surface area contributed by atoms with E-state index in [4.69, 9.17) is 21.1 Å². The van der Waals surface area contributed by atoms with Gasteiger partial charge in [-0.3, -0.25) is 4.79 Å². The number of halogens is 1. The Labute approximate surface area is 176 Å². The lowest BCUT2D eigenvalue weighted by Crippen LogP contribution is -2.35. The molecule has 0 fully saturated rings. The van der Waals surface area contributed by atoms with Crippen molar-refractivity contribution in [2.45, 2.75) is 26.2 Å². The summed E-state index contributed by atoms with van der Waals surface area (Å²) in [5.41, 5.74) is 3.78. The molecule has 1 aliphatic rings. The van der Waals surface area contributed by atoms with E-state index in [1.165, 1.54) is 12.7 Å². The maximum absolute atomic E-state index is 12.2. The highest BCUT2D eigenvalue weighted by atomic mass is 35.5. The van der Waals surface area contributed by atoms with Crippen molar-refractivity contribution < 1.29 is 14.3 Å². The lowest BCUT2D eigenvalue weighted by atomic mass is 9.73. The van der Waals surface area contributed by atoms with Gasteiger partial charge in [-0.2, -0.15) is 0 Å². The van der Waals surface area contributed by atoms with Gasteiger partial charge in [0.1, 0.15) is 11.5 Å². The summed E-state index contributed by atoms with van der Waals surface area (Å²) in [6, 6.07) is 21.7. The number of carbonyl (C=O) groups excluding carboxylic acids is 1. The molecular weight excluding hydrogens is 384 g/mol. The molecule has 0 heterocycles. The van der Waals surface area contributed by atoms with Crippen molar-refractivity contribution in [3.8, 4) is 22.6 Å². The van der Waals surface area contributed by atoms with Gasteiger partial charge in [0.25, 0.3) is 0 Å². The monoisotopic (exact) mass is 406 g/mol. The van der Waals surface area contributed by atoms with E-state index in [-0.39, 0.29) is 5.97 Å². The van der Waals surface area contributed by atoms with Gasteiger partial charge in [0, 0.05) is 16.1 Å². The summed E-state index contributed by atoms with van der Waals surface area (Å²) in [7, 11) is 1.45. The number of para-hydroxylation sites is 1. The smallest absolute Gasteiger partial charge is 0.311 e. The van der Waals surface area contributed by atoms with Gasteiger partial charge in [-0.1, -0.05) is 54.1 Å². The zero-order valence-electron chi connectivity index (χ0n) is 16.6. The van der Waals surface area contributed by atoms with Gasteiger partial charge in [-0.25, -0.2) is 0 Å². The summed E-state index contributed by atoms with van der Waals surface area (Å²) in [6.45, 7) is 1.97. The molecule has 1 aliphatic carbocycles. The third-order valence-electron chi connectivity index (χ3n) is 5.66. The van der Waals surface area contributed by atoms with Crippen molar-refractivity contribution in [2.24, 2.45) is 5.41 Å². The van der Waals surface area contributed by atoms with E-state index in [0.29, 0.717) is 11.4 Å². The van der Waals surface area contributed by atoms with E-state index in [1.807, 2.05) is 67.6 Å². The van der Waals surface area contributed by atoms with E-state index in [1.54, 1.807) is 0 Å². The number of hydrogen-bond donors (Lipinski definition) is 0. The molecule has 0 amide bonds. The van der Waals surface area contributed by atoms with Crippen molar-refractivity contribution in [1.82, 2.24) is 0 Å². The van der Waals surface area contributed by atoms with Crippen LogP contribution in [0.25, 0.3) is 11.1 Å². The molecule has 4 heteroatoms. The largest absolute Gasteiger partial charge is 0.469 e. The maximum Gasteiger partial charge on any atom is 0.311 e. The Balaban J connectivity index is 1.65.